The highest BCUT2D eigenvalue weighted by molar-refractivity contribution is 5.43. The van der Waals surface area contributed by atoms with E-state index in [4.69, 9.17) is 0 Å². The molecule has 2 aromatic carbocycles. The third-order valence-corrected chi connectivity index (χ3v) is 5.49. The van der Waals surface area contributed by atoms with Crippen LogP contribution in [0.1, 0.15) is 96.6 Å². The van der Waals surface area contributed by atoms with Crippen molar-refractivity contribution in [2.75, 3.05) is 0 Å². The molecular weight excluding hydrogens is 324 g/mol. The van der Waals surface area contributed by atoms with E-state index in [9.17, 15) is 0 Å². The van der Waals surface area contributed by atoms with Crippen molar-refractivity contribution in [2.24, 2.45) is 0 Å². The Labute approximate surface area is 168 Å². The van der Waals surface area contributed by atoms with Crippen LogP contribution in [0.25, 0.3) is 0 Å². The monoisotopic (exact) mass is 364 g/mol. The number of benzene rings is 2. The standard InChI is InChI=1S/C27H40/c1-25(2,3)22-17-11-10-14-20(22)15-12-16-21-23(26(4,5)6)18-13-19-24(21)27(7,8)9/h10-11,13-14,17-19H,12,15-16H2,1-9H3. The first kappa shape index (κ1) is 21.7. The smallest absolute Gasteiger partial charge is 0.0129 e. The summed E-state index contributed by atoms with van der Waals surface area (Å²) in [7, 11) is 0. The molecule has 0 bridgehead atoms. The van der Waals surface area contributed by atoms with Crippen LogP contribution in [0.2, 0.25) is 0 Å². The maximum atomic E-state index is 2.34. The van der Waals surface area contributed by atoms with Crippen LogP contribution in [0, 0.1) is 0 Å². The molecule has 0 heteroatoms. The van der Waals surface area contributed by atoms with Crippen LogP contribution < -0.4 is 0 Å². The van der Waals surface area contributed by atoms with Gasteiger partial charge in [-0.05, 0) is 63.3 Å². The molecule has 0 aliphatic heterocycles. The molecular formula is C27H40. The van der Waals surface area contributed by atoms with Crippen LogP contribution in [0.4, 0.5) is 0 Å². The zero-order valence-corrected chi connectivity index (χ0v) is 19.2. The summed E-state index contributed by atoms with van der Waals surface area (Å²) in [5, 5.41) is 0. The predicted molar refractivity (Wildman–Crippen MR) is 121 cm³/mol. The van der Waals surface area contributed by atoms with Gasteiger partial charge < -0.3 is 0 Å². The second kappa shape index (κ2) is 7.82. The Morgan fingerprint density at radius 3 is 1.44 bits per heavy atom. The molecule has 27 heavy (non-hydrogen) atoms. The van der Waals surface area contributed by atoms with Gasteiger partial charge in [-0.2, -0.15) is 0 Å². The Kier molecular flexibility index (Phi) is 6.30. The van der Waals surface area contributed by atoms with Gasteiger partial charge in [0.1, 0.15) is 0 Å². The first-order valence-corrected chi connectivity index (χ1v) is 10.5. The van der Waals surface area contributed by atoms with Crippen molar-refractivity contribution < 1.29 is 0 Å². The van der Waals surface area contributed by atoms with Crippen LogP contribution in [-0.2, 0) is 29.1 Å². The van der Waals surface area contributed by atoms with Gasteiger partial charge in [0.2, 0.25) is 0 Å². The summed E-state index contributed by atoms with van der Waals surface area (Å²) in [6.07, 6.45) is 3.50. The highest BCUT2D eigenvalue weighted by Crippen LogP contribution is 2.35. The molecule has 0 heterocycles. The second-order valence-electron chi connectivity index (χ2n) is 11.1. The van der Waals surface area contributed by atoms with E-state index in [1.54, 1.807) is 5.56 Å². The number of hydrogen-bond acceptors (Lipinski definition) is 0. The van der Waals surface area contributed by atoms with E-state index in [0.29, 0.717) is 0 Å². The second-order valence-corrected chi connectivity index (χ2v) is 11.1. The topological polar surface area (TPSA) is 0 Å². The van der Waals surface area contributed by atoms with Crippen molar-refractivity contribution >= 4 is 0 Å². The van der Waals surface area contributed by atoms with E-state index in [1.165, 1.54) is 28.7 Å². The number of hydrogen-bond donors (Lipinski definition) is 0. The molecule has 0 unspecified atom stereocenters. The lowest BCUT2D eigenvalue weighted by molar-refractivity contribution is 0.550. The summed E-state index contributed by atoms with van der Waals surface area (Å²) in [5.41, 5.74) is 8.17. The van der Waals surface area contributed by atoms with Crippen molar-refractivity contribution in [2.45, 2.75) is 97.8 Å². The largest absolute Gasteiger partial charge is 0.0620 e. The minimum absolute atomic E-state index is 0.180. The maximum absolute atomic E-state index is 2.34. The zero-order valence-electron chi connectivity index (χ0n) is 19.2. The Bertz CT molecular complexity index is 726. The van der Waals surface area contributed by atoms with E-state index < -0.39 is 0 Å². The van der Waals surface area contributed by atoms with E-state index in [2.05, 4.69) is 105 Å². The average Bonchev–Trinajstić information content (AvgIpc) is 2.52. The van der Waals surface area contributed by atoms with Crippen molar-refractivity contribution in [1.29, 1.82) is 0 Å². The van der Waals surface area contributed by atoms with Crippen LogP contribution in [0.3, 0.4) is 0 Å². The van der Waals surface area contributed by atoms with E-state index in [1.807, 2.05) is 0 Å². The lowest BCUT2D eigenvalue weighted by Gasteiger charge is -2.30. The molecule has 0 radical (unpaired) electrons. The first-order valence-electron chi connectivity index (χ1n) is 10.5. The molecule has 0 saturated heterocycles. The van der Waals surface area contributed by atoms with Crippen LogP contribution in [0.5, 0.6) is 0 Å². The summed E-state index contributed by atoms with van der Waals surface area (Å²) in [6, 6.07) is 15.9. The van der Waals surface area contributed by atoms with Gasteiger partial charge in [-0.3, -0.25) is 0 Å². The molecule has 0 nitrogen and oxygen atoms in total. The molecule has 0 amide bonds. The van der Waals surface area contributed by atoms with Gasteiger partial charge >= 0.3 is 0 Å². The third kappa shape index (κ3) is 5.47. The molecule has 2 aromatic rings. The summed E-state index contributed by atoms with van der Waals surface area (Å²) >= 11 is 0. The van der Waals surface area contributed by atoms with Gasteiger partial charge in [-0.1, -0.05) is 105 Å². The minimum Gasteiger partial charge on any atom is -0.0620 e. The van der Waals surface area contributed by atoms with E-state index in [-0.39, 0.29) is 16.2 Å². The van der Waals surface area contributed by atoms with Gasteiger partial charge in [-0.25, -0.2) is 0 Å². The van der Waals surface area contributed by atoms with Crippen LogP contribution in [-0.4, -0.2) is 0 Å². The van der Waals surface area contributed by atoms with Gasteiger partial charge in [0.15, 0.2) is 0 Å². The van der Waals surface area contributed by atoms with Gasteiger partial charge in [0.25, 0.3) is 0 Å². The fourth-order valence-electron chi connectivity index (χ4n) is 4.19. The Hall–Kier alpha value is -1.56. The summed E-state index contributed by atoms with van der Waals surface area (Å²) in [5.74, 6) is 0. The van der Waals surface area contributed by atoms with Crippen molar-refractivity contribution in [3.63, 3.8) is 0 Å². The molecule has 0 fully saturated rings. The predicted octanol–water partition coefficient (Wildman–Crippen LogP) is 7.75. The van der Waals surface area contributed by atoms with Gasteiger partial charge in [0.05, 0.1) is 0 Å². The molecule has 0 saturated carbocycles. The molecule has 0 aliphatic rings. The molecule has 2 rings (SSSR count). The zero-order chi connectivity index (χ0) is 20.5. The average molecular weight is 365 g/mol. The molecule has 0 aliphatic carbocycles. The van der Waals surface area contributed by atoms with Gasteiger partial charge in [-0.15, -0.1) is 0 Å². The SMILES string of the molecule is CC(C)(C)c1ccccc1CCCc1c(C(C)(C)C)cccc1C(C)(C)C. The number of aryl methyl sites for hydroxylation is 1. The highest BCUT2D eigenvalue weighted by atomic mass is 14.3. The van der Waals surface area contributed by atoms with Crippen molar-refractivity contribution in [3.8, 4) is 0 Å². The third-order valence-electron chi connectivity index (χ3n) is 5.49. The quantitative estimate of drug-likeness (QED) is 0.520. The lowest BCUT2D eigenvalue weighted by atomic mass is 9.75. The van der Waals surface area contributed by atoms with E-state index in [0.717, 1.165) is 12.8 Å². The minimum atomic E-state index is 0.180. The van der Waals surface area contributed by atoms with Crippen LogP contribution in [0.15, 0.2) is 42.5 Å². The Balaban J connectivity index is 2.32. The lowest BCUT2D eigenvalue weighted by Crippen LogP contribution is -2.21. The van der Waals surface area contributed by atoms with Gasteiger partial charge in [0, 0.05) is 0 Å². The summed E-state index contributed by atoms with van der Waals surface area (Å²) in [4.78, 5) is 0. The van der Waals surface area contributed by atoms with E-state index >= 15 is 0 Å². The van der Waals surface area contributed by atoms with Crippen molar-refractivity contribution in [3.05, 3.63) is 70.3 Å². The molecule has 0 spiro atoms. The molecule has 0 aromatic heterocycles. The van der Waals surface area contributed by atoms with Crippen LogP contribution >= 0.6 is 0 Å². The maximum Gasteiger partial charge on any atom is -0.0129 e. The molecule has 148 valence electrons. The summed E-state index contributed by atoms with van der Waals surface area (Å²) in [6.45, 7) is 21.0. The Morgan fingerprint density at radius 1 is 0.519 bits per heavy atom. The fraction of sp³-hybridized carbons (Fsp3) is 0.556. The normalized spacial score (nSPS) is 13.1. The van der Waals surface area contributed by atoms with Crippen molar-refractivity contribution in [1.82, 2.24) is 0 Å². The molecule has 0 atom stereocenters. The highest BCUT2D eigenvalue weighted by Gasteiger charge is 2.25. The first-order chi connectivity index (χ1) is 12.3. The molecule has 0 N–H and O–H groups in total. The summed E-state index contributed by atoms with van der Waals surface area (Å²) < 4.78 is 0. The Morgan fingerprint density at radius 2 is 0.963 bits per heavy atom. The fourth-order valence-corrected chi connectivity index (χ4v) is 4.19. The number of rotatable bonds is 4.